The maximum absolute atomic E-state index is 5.64. The van der Waals surface area contributed by atoms with Gasteiger partial charge in [-0.15, -0.1) is 0 Å². The summed E-state index contributed by atoms with van der Waals surface area (Å²) in [5.41, 5.74) is 0. The van der Waals surface area contributed by atoms with E-state index in [0.29, 0.717) is 0 Å². The van der Waals surface area contributed by atoms with Gasteiger partial charge in [-0.2, -0.15) is 0 Å². The molecule has 0 unspecified atom stereocenters. The molecule has 1 aromatic rings. The van der Waals surface area contributed by atoms with Crippen LogP contribution >= 0.6 is 21.6 Å². The SMILES string of the molecule is CCCCSSCCCCOc1ccccc1. The Morgan fingerprint density at radius 3 is 2.35 bits per heavy atom. The number of para-hydroxylation sites is 1. The van der Waals surface area contributed by atoms with Crippen molar-refractivity contribution in [2.45, 2.75) is 32.6 Å². The maximum Gasteiger partial charge on any atom is 0.119 e. The minimum absolute atomic E-state index is 0.838. The van der Waals surface area contributed by atoms with Crippen molar-refractivity contribution in [3.8, 4) is 5.75 Å². The molecule has 0 amide bonds. The molecule has 1 rings (SSSR count). The van der Waals surface area contributed by atoms with Crippen LogP contribution in [0.15, 0.2) is 30.3 Å². The van der Waals surface area contributed by atoms with Crippen LogP contribution in [0.2, 0.25) is 0 Å². The summed E-state index contributed by atoms with van der Waals surface area (Å²) in [7, 11) is 4.01. The molecule has 0 N–H and O–H groups in total. The van der Waals surface area contributed by atoms with Crippen molar-refractivity contribution >= 4 is 21.6 Å². The van der Waals surface area contributed by atoms with Crippen LogP contribution in [0.1, 0.15) is 32.6 Å². The van der Waals surface area contributed by atoms with Gasteiger partial charge in [0.1, 0.15) is 5.75 Å². The molecule has 0 radical (unpaired) electrons. The Hall–Kier alpha value is -0.280. The number of ether oxygens (including phenoxy) is 1. The zero-order valence-corrected chi connectivity index (χ0v) is 12.2. The maximum atomic E-state index is 5.64. The topological polar surface area (TPSA) is 9.23 Å². The van der Waals surface area contributed by atoms with E-state index in [4.69, 9.17) is 4.74 Å². The third-order valence-corrected chi connectivity index (χ3v) is 4.88. The lowest BCUT2D eigenvalue weighted by Crippen LogP contribution is -1.97. The van der Waals surface area contributed by atoms with Gasteiger partial charge in [-0.1, -0.05) is 53.1 Å². The van der Waals surface area contributed by atoms with Gasteiger partial charge in [0.2, 0.25) is 0 Å². The molecule has 0 aliphatic rings. The van der Waals surface area contributed by atoms with Gasteiger partial charge in [0.25, 0.3) is 0 Å². The van der Waals surface area contributed by atoms with Crippen LogP contribution < -0.4 is 4.74 Å². The van der Waals surface area contributed by atoms with E-state index in [1.807, 2.05) is 51.9 Å². The van der Waals surface area contributed by atoms with E-state index < -0.39 is 0 Å². The number of hydrogen-bond acceptors (Lipinski definition) is 3. The Balaban J connectivity index is 1.85. The molecular weight excluding hydrogens is 248 g/mol. The highest BCUT2D eigenvalue weighted by Crippen LogP contribution is 2.23. The Bertz CT molecular complexity index is 264. The Labute approximate surface area is 113 Å². The fourth-order valence-corrected chi connectivity index (χ4v) is 3.67. The smallest absolute Gasteiger partial charge is 0.119 e. The molecule has 96 valence electrons. The normalized spacial score (nSPS) is 10.4. The van der Waals surface area contributed by atoms with Crippen LogP contribution in [0.4, 0.5) is 0 Å². The van der Waals surface area contributed by atoms with Gasteiger partial charge >= 0.3 is 0 Å². The summed E-state index contributed by atoms with van der Waals surface area (Å²) in [5, 5.41) is 0. The first-order valence-corrected chi connectivity index (χ1v) is 8.84. The second-order valence-electron chi connectivity index (χ2n) is 3.87. The van der Waals surface area contributed by atoms with Crippen molar-refractivity contribution in [1.29, 1.82) is 0 Å². The molecule has 0 saturated carbocycles. The molecule has 0 aromatic heterocycles. The molecule has 0 saturated heterocycles. The van der Waals surface area contributed by atoms with E-state index in [-0.39, 0.29) is 0 Å². The molecule has 0 fully saturated rings. The number of benzene rings is 1. The summed E-state index contributed by atoms with van der Waals surface area (Å²) in [6, 6.07) is 10.0. The second kappa shape index (κ2) is 10.8. The highest BCUT2D eigenvalue weighted by Gasteiger charge is 1.94. The molecule has 0 aliphatic heterocycles. The molecular formula is C14H22OS2. The zero-order valence-electron chi connectivity index (χ0n) is 10.6. The summed E-state index contributed by atoms with van der Waals surface area (Å²) < 4.78 is 5.64. The van der Waals surface area contributed by atoms with Crippen molar-refractivity contribution in [3.63, 3.8) is 0 Å². The first-order chi connectivity index (χ1) is 8.43. The van der Waals surface area contributed by atoms with Crippen LogP contribution in [-0.2, 0) is 0 Å². The lowest BCUT2D eigenvalue weighted by Gasteiger charge is -2.05. The van der Waals surface area contributed by atoms with Crippen molar-refractivity contribution in [1.82, 2.24) is 0 Å². The van der Waals surface area contributed by atoms with Crippen molar-refractivity contribution < 1.29 is 4.74 Å². The predicted octanol–water partition coefficient (Wildman–Crippen LogP) is 5.03. The average Bonchev–Trinajstić information content (AvgIpc) is 2.38. The summed E-state index contributed by atoms with van der Waals surface area (Å²) in [6.07, 6.45) is 5.04. The van der Waals surface area contributed by atoms with Crippen molar-refractivity contribution in [2.24, 2.45) is 0 Å². The highest BCUT2D eigenvalue weighted by molar-refractivity contribution is 8.76. The van der Waals surface area contributed by atoms with Gasteiger partial charge in [-0.05, 0) is 31.4 Å². The molecule has 3 heteroatoms. The standard InChI is InChI=1S/C14H22OS2/c1-2-3-12-16-17-13-8-7-11-15-14-9-5-4-6-10-14/h4-6,9-10H,2-3,7-8,11-13H2,1H3. The third kappa shape index (κ3) is 8.44. The van der Waals surface area contributed by atoms with E-state index >= 15 is 0 Å². The molecule has 0 heterocycles. The van der Waals surface area contributed by atoms with Gasteiger partial charge < -0.3 is 4.74 Å². The zero-order chi connectivity index (χ0) is 12.2. The highest BCUT2D eigenvalue weighted by atomic mass is 33.1. The molecule has 17 heavy (non-hydrogen) atoms. The Kier molecular flexibility index (Phi) is 9.43. The van der Waals surface area contributed by atoms with Crippen LogP contribution in [0.5, 0.6) is 5.75 Å². The van der Waals surface area contributed by atoms with Crippen LogP contribution in [-0.4, -0.2) is 18.1 Å². The molecule has 0 aliphatic carbocycles. The number of hydrogen-bond donors (Lipinski definition) is 0. The van der Waals surface area contributed by atoms with E-state index in [9.17, 15) is 0 Å². The fraction of sp³-hybridized carbons (Fsp3) is 0.571. The molecule has 1 nitrogen and oxygen atoms in total. The van der Waals surface area contributed by atoms with Gasteiger partial charge in [0.15, 0.2) is 0 Å². The van der Waals surface area contributed by atoms with Gasteiger partial charge in [0.05, 0.1) is 6.61 Å². The third-order valence-electron chi connectivity index (χ3n) is 2.30. The predicted molar refractivity (Wildman–Crippen MR) is 81.0 cm³/mol. The van der Waals surface area contributed by atoms with E-state index in [0.717, 1.165) is 18.8 Å². The van der Waals surface area contributed by atoms with Crippen molar-refractivity contribution in [2.75, 3.05) is 18.1 Å². The second-order valence-corrected chi connectivity index (χ2v) is 6.57. The lowest BCUT2D eigenvalue weighted by atomic mass is 10.3. The van der Waals surface area contributed by atoms with Crippen LogP contribution in [0, 0.1) is 0 Å². The van der Waals surface area contributed by atoms with Crippen LogP contribution in [0.3, 0.4) is 0 Å². The van der Waals surface area contributed by atoms with Crippen LogP contribution in [0.25, 0.3) is 0 Å². The minimum atomic E-state index is 0.838. The summed E-state index contributed by atoms with van der Waals surface area (Å²) >= 11 is 0. The molecule has 0 bridgehead atoms. The number of rotatable bonds is 10. The van der Waals surface area contributed by atoms with Gasteiger partial charge in [0, 0.05) is 11.5 Å². The van der Waals surface area contributed by atoms with Crippen molar-refractivity contribution in [3.05, 3.63) is 30.3 Å². The first kappa shape index (κ1) is 14.8. The quantitative estimate of drug-likeness (QED) is 0.436. The van der Waals surface area contributed by atoms with E-state index in [2.05, 4.69) is 6.92 Å². The molecule has 0 atom stereocenters. The Morgan fingerprint density at radius 2 is 1.65 bits per heavy atom. The van der Waals surface area contributed by atoms with E-state index in [1.165, 1.54) is 30.8 Å². The summed E-state index contributed by atoms with van der Waals surface area (Å²) in [4.78, 5) is 0. The fourth-order valence-electron chi connectivity index (χ4n) is 1.29. The number of unbranched alkanes of at least 4 members (excludes halogenated alkanes) is 2. The van der Waals surface area contributed by atoms with Gasteiger partial charge in [-0.3, -0.25) is 0 Å². The molecule has 1 aromatic carbocycles. The molecule has 0 spiro atoms. The largest absolute Gasteiger partial charge is 0.494 e. The lowest BCUT2D eigenvalue weighted by molar-refractivity contribution is 0.310. The van der Waals surface area contributed by atoms with E-state index in [1.54, 1.807) is 0 Å². The summed E-state index contributed by atoms with van der Waals surface area (Å²) in [5.74, 6) is 3.52. The average molecular weight is 270 g/mol. The monoisotopic (exact) mass is 270 g/mol. The summed E-state index contributed by atoms with van der Waals surface area (Å²) in [6.45, 7) is 3.08. The van der Waals surface area contributed by atoms with Gasteiger partial charge in [-0.25, -0.2) is 0 Å². The first-order valence-electron chi connectivity index (χ1n) is 6.35. The Morgan fingerprint density at radius 1 is 0.941 bits per heavy atom. The minimum Gasteiger partial charge on any atom is -0.494 e.